The lowest BCUT2D eigenvalue weighted by Crippen LogP contribution is -2.39. The van der Waals surface area contributed by atoms with E-state index in [2.05, 4.69) is 20.1 Å². The van der Waals surface area contributed by atoms with Crippen molar-refractivity contribution >= 4 is 11.9 Å². The maximum Gasteiger partial charge on any atom is 0.325 e. The Kier molecular flexibility index (Phi) is 7.56. The van der Waals surface area contributed by atoms with Gasteiger partial charge in [0.25, 0.3) is 0 Å². The van der Waals surface area contributed by atoms with Gasteiger partial charge in [0.1, 0.15) is 6.54 Å². The molecule has 8 nitrogen and oxygen atoms in total. The summed E-state index contributed by atoms with van der Waals surface area (Å²) in [5.74, 6) is -0.698. The third kappa shape index (κ3) is 6.63. The van der Waals surface area contributed by atoms with E-state index < -0.39 is 5.97 Å². The van der Waals surface area contributed by atoms with Gasteiger partial charge in [-0.2, -0.15) is 0 Å². The van der Waals surface area contributed by atoms with Gasteiger partial charge in [0, 0.05) is 25.0 Å². The quantitative estimate of drug-likeness (QED) is 0.209. The average Bonchev–Trinajstić information content (AvgIpc) is 2.28. The summed E-state index contributed by atoms with van der Waals surface area (Å²) < 4.78 is 4.42. The molecular formula is C8H15N5O3. The zero-order valence-electron chi connectivity index (χ0n) is 9.34. The van der Waals surface area contributed by atoms with Crippen molar-refractivity contribution in [2.45, 2.75) is 0 Å². The lowest BCUT2D eigenvalue weighted by atomic mass is 10.4. The van der Waals surface area contributed by atoms with Crippen LogP contribution >= 0.6 is 0 Å². The molecule has 90 valence electrons. The number of nitrogens with zero attached hydrogens (tertiary/aromatic N) is 4. The number of nitrogens with one attached hydrogen (secondary N) is 1. The third-order valence-electron chi connectivity index (χ3n) is 1.75. The normalized spacial score (nSPS) is 9.12. The second-order valence-electron chi connectivity index (χ2n) is 2.96. The van der Waals surface area contributed by atoms with Crippen molar-refractivity contribution in [3.05, 3.63) is 10.4 Å². The number of carbonyl (C=O) groups excluding carboxylic acids is 2. The topological polar surface area (TPSA) is 107 Å². The summed E-state index contributed by atoms with van der Waals surface area (Å²) in [6, 6.07) is 0. The Balaban J connectivity index is 3.70. The van der Waals surface area contributed by atoms with Crippen LogP contribution in [0.1, 0.15) is 0 Å². The second-order valence-corrected chi connectivity index (χ2v) is 2.96. The average molecular weight is 229 g/mol. The fraction of sp³-hybridized carbons (Fsp3) is 0.750. The summed E-state index contributed by atoms with van der Waals surface area (Å²) in [5.41, 5.74) is 7.99. The first kappa shape index (κ1) is 14.2. The number of azide groups is 1. The van der Waals surface area contributed by atoms with Crippen LogP contribution in [0.2, 0.25) is 0 Å². The Bertz CT molecular complexity index is 287. The van der Waals surface area contributed by atoms with Gasteiger partial charge in [0.2, 0.25) is 5.91 Å². The van der Waals surface area contributed by atoms with E-state index in [0.717, 1.165) is 0 Å². The fourth-order valence-electron chi connectivity index (χ4n) is 0.850. The molecule has 0 saturated carbocycles. The SMILES string of the molecule is COC(=O)CN(C)C(=O)CNCCN=[N+]=[N-]. The van der Waals surface area contributed by atoms with Crippen LogP contribution in [0.5, 0.6) is 0 Å². The largest absolute Gasteiger partial charge is 0.468 e. The van der Waals surface area contributed by atoms with Crippen molar-refractivity contribution in [3.8, 4) is 0 Å². The summed E-state index contributed by atoms with van der Waals surface area (Å²) >= 11 is 0. The number of carbonyl (C=O) groups is 2. The van der Waals surface area contributed by atoms with E-state index in [4.69, 9.17) is 5.53 Å². The van der Waals surface area contributed by atoms with E-state index in [1.54, 1.807) is 0 Å². The van der Waals surface area contributed by atoms with Gasteiger partial charge in [-0.1, -0.05) is 5.11 Å². The number of esters is 1. The first-order valence-corrected chi connectivity index (χ1v) is 4.64. The van der Waals surface area contributed by atoms with Gasteiger partial charge in [-0.25, -0.2) is 0 Å². The molecule has 16 heavy (non-hydrogen) atoms. The van der Waals surface area contributed by atoms with E-state index in [0.29, 0.717) is 6.54 Å². The van der Waals surface area contributed by atoms with Crippen LogP contribution in [-0.4, -0.2) is 57.1 Å². The zero-order chi connectivity index (χ0) is 12.4. The van der Waals surface area contributed by atoms with Crippen LogP contribution in [0.4, 0.5) is 0 Å². The summed E-state index contributed by atoms with van der Waals surface area (Å²) in [6.07, 6.45) is 0. The Hall–Kier alpha value is -1.79. The van der Waals surface area contributed by atoms with Crippen molar-refractivity contribution in [2.24, 2.45) is 5.11 Å². The van der Waals surface area contributed by atoms with E-state index in [1.165, 1.54) is 19.1 Å². The molecule has 0 radical (unpaired) electrons. The lowest BCUT2D eigenvalue weighted by molar-refractivity contribution is -0.145. The molecule has 0 aromatic rings. The van der Waals surface area contributed by atoms with Crippen molar-refractivity contribution in [1.82, 2.24) is 10.2 Å². The predicted molar refractivity (Wildman–Crippen MR) is 56.5 cm³/mol. The van der Waals surface area contributed by atoms with Gasteiger partial charge >= 0.3 is 5.97 Å². The fourth-order valence-corrected chi connectivity index (χ4v) is 0.850. The smallest absolute Gasteiger partial charge is 0.325 e. The molecule has 0 aliphatic heterocycles. The zero-order valence-corrected chi connectivity index (χ0v) is 9.34. The molecule has 8 heteroatoms. The van der Waals surface area contributed by atoms with E-state index >= 15 is 0 Å². The maximum atomic E-state index is 11.4. The molecule has 0 spiro atoms. The Morgan fingerprint density at radius 3 is 2.81 bits per heavy atom. The number of methoxy groups -OCH3 is 1. The highest BCUT2D eigenvalue weighted by atomic mass is 16.5. The molecule has 0 heterocycles. The molecule has 0 atom stereocenters. The number of rotatable bonds is 7. The molecule has 0 aromatic carbocycles. The van der Waals surface area contributed by atoms with Gasteiger partial charge in [-0.15, -0.1) is 0 Å². The number of likely N-dealkylation sites (N-methyl/N-ethyl adjacent to an activating group) is 1. The Morgan fingerprint density at radius 1 is 1.56 bits per heavy atom. The van der Waals surface area contributed by atoms with Crippen LogP contribution in [0, 0.1) is 0 Å². The maximum absolute atomic E-state index is 11.4. The highest BCUT2D eigenvalue weighted by Gasteiger charge is 2.11. The van der Waals surface area contributed by atoms with Crippen molar-refractivity contribution < 1.29 is 14.3 Å². The molecule has 0 bridgehead atoms. The summed E-state index contributed by atoms with van der Waals surface area (Å²) in [5, 5.41) is 6.08. The number of hydrogen-bond donors (Lipinski definition) is 1. The molecule has 1 amide bonds. The molecule has 0 fully saturated rings. The van der Waals surface area contributed by atoms with Crippen LogP contribution in [-0.2, 0) is 14.3 Å². The third-order valence-corrected chi connectivity index (χ3v) is 1.75. The van der Waals surface area contributed by atoms with Crippen LogP contribution in [0.3, 0.4) is 0 Å². The van der Waals surface area contributed by atoms with Gasteiger partial charge in [0.05, 0.1) is 13.7 Å². The van der Waals surface area contributed by atoms with E-state index in [1.807, 2.05) is 0 Å². The molecule has 1 N–H and O–H groups in total. The first-order chi connectivity index (χ1) is 7.61. The molecule has 0 aliphatic carbocycles. The molecule has 0 aromatic heterocycles. The monoisotopic (exact) mass is 229 g/mol. The minimum atomic E-state index is -0.468. The van der Waals surface area contributed by atoms with Crippen LogP contribution in [0.15, 0.2) is 5.11 Å². The highest BCUT2D eigenvalue weighted by molar-refractivity contribution is 5.83. The minimum absolute atomic E-state index is 0.0760. The van der Waals surface area contributed by atoms with Gasteiger partial charge in [0.15, 0.2) is 0 Å². The summed E-state index contributed by atoms with van der Waals surface area (Å²) in [4.78, 5) is 26.1. The molecule has 0 rings (SSSR count). The number of hydrogen-bond acceptors (Lipinski definition) is 5. The van der Waals surface area contributed by atoms with Gasteiger partial charge < -0.3 is 15.0 Å². The van der Waals surface area contributed by atoms with E-state index in [-0.39, 0.29) is 25.5 Å². The van der Waals surface area contributed by atoms with E-state index in [9.17, 15) is 9.59 Å². The number of ether oxygens (including phenoxy) is 1. The highest BCUT2D eigenvalue weighted by Crippen LogP contribution is 1.85. The minimum Gasteiger partial charge on any atom is -0.468 e. The van der Waals surface area contributed by atoms with Crippen LogP contribution < -0.4 is 5.32 Å². The lowest BCUT2D eigenvalue weighted by Gasteiger charge is -2.15. The molecule has 0 saturated heterocycles. The second kappa shape index (κ2) is 8.51. The van der Waals surface area contributed by atoms with Crippen LogP contribution in [0.25, 0.3) is 10.4 Å². The number of amides is 1. The van der Waals surface area contributed by atoms with Gasteiger partial charge in [-0.3, -0.25) is 9.59 Å². The molecule has 0 unspecified atom stereocenters. The standard InChI is InChI=1S/C8H15N5O3/c1-13(6-8(15)16-2)7(14)5-10-3-4-11-12-9/h10H,3-6H2,1-2H3. The van der Waals surface area contributed by atoms with Gasteiger partial charge in [-0.05, 0) is 5.53 Å². The Morgan fingerprint density at radius 2 is 2.25 bits per heavy atom. The van der Waals surface area contributed by atoms with Crippen molar-refractivity contribution in [3.63, 3.8) is 0 Å². The molecular weight excluding hydrogens is 214 g/mol. The van der Waals surface area contributed by atoms with Crippen molar-refractivity contribution in [1.29, 1.82) is 0 Å². The summed E-state index contributed by atoms with van der Waals surface area (Å²) in [7, 11) is 2.77. The molecule has 0 aliphatic rings. The first-order valence-electron chi connectivity index (χ1n) is 4.64. The predicted octanol–water partition coefficient (Wildman–Crippen LogP) is -0.482. The van der Waals surface area contributed by atoms with Crippen molar-refractivity contribution in [2.75, 3.05) is 40.3 Å². The summed E-state index contributed by atoms with van der Waals surface area (Å²) in [6.45, 7) is 0.716. The Labute approximate surface area is 93.2 Å².